The Morgan fingerprint density at radius 2 is 2.06 bits per heavy atom. The Kier molecular flexibility index (Phi) is 7.11. The van der Waals surface area contributed by atoms with Crippen molar-refractivity contribution in [1.82, 2.24) is 9.97 Å². The quantitative estimate of drug-likeness (QED) is 0.196. The number of nitrogen functional groups attached to an aromatic ring is 1. The summed E-state index contributed by atoms with van der Waals surface area (Å²) < 4.78 is 19.5. The van der Waals surface area contributed by atoms with Gasteiger partial charge in [-0.15, -0.1) is 0 Å². The van der Waals surface area contributed by atoms with Crippen LogP contribution in [0, 0.1) is 5.82 Å². The molecule has 0 amide bonds. The maximum absolute atomic E-state index is 13.5. The average Bonchev–Trinajstić information content (AvgIpc) is 3.42. The Balaban J connectivity index is 1.28. The van der Waals surface area contributed by atoms with Crippen molar-refractivity contribution in [3.05, 3.63) is 88.8 Å². The van der Waals surface area contributed by atoms with Gasteiger partial charge in [-0.25, -0.2) is 4.39 Å². The van der Waals surface area contributed by atoms with Gasteiger partial charge in [-0.2, -0.15) is 0 Å². The van der Waals surface area contributed by atoms with Crippen LogP contribution in [0.5, 0.6) is 5.75 Å². The maximum atomic E-state index is 13.5. The number of anilines is 4. The molecule has 0 radical (unpaired) electrons. The first-order valence-corrected chi connectivity index (χ1v) is 12.5. The zero-order valence-corrected chi connectivity index (χ0v) is 20.7. The van der Waals surface area contributed by atoms with Crippen LogP contribution in [0.4, 0.5) is 27.3 Å². The first-order valence-electron chi connectivity index (χ1n) is 11.2. The topological polar surface area (TPSA) is 85.1 Å². The van der Waals surface area contributed by atoms with Crippen LogP contribution in [0.15, 0.2) is 72.4 Å². The number of halogens is 2. The number of benzene rings is 3. The molecule has 0 spiro atoms. The van der Waals surface area contributed by atoms with E-state index >= 15 is 0 Å². The van der Waals surface area contributed by atoms with Crippen molar-refractivity contribution in [2.75, 3.05) is 23.0 Å². The zero-order chi connectivity index (χ0) is 25.1. The van der Waals surface area contributed by atoms with Crippen LogP contribution in [0.25, 0.3) is 10.9 Å². The van der Waals surface area contributed by atoms with Gasteiger partial charge in [0.2, 0.25) is 0 Å². The van der Waals surface area contributed by atoms with Crippen molar-refractivity contribution in [2.24, 2.45) is 0 Å². The van der Waals surface area contributed by atoms with E-state index in [2.05, 4.69) is 51.7 Å². The molecule has 0 bridgehead atoms. The third-order valence-electron chi connectivity index (χ3n) is 5.65. The summed E-state index contributed by atoms with van der Waals surface area (Å²) in [5.74, 6) is 0.687. The number of rotatable bonds is 8. The Hall–Kier alpha value is -3.56. The number of allylic oxidation sites excluding steroid dienone is 1. The molecule has 6 nitrogen and oxygen atoms in total. The van der Waals surface area contributed by atoms with Gasteiger partial charge in [-0.3, -0.25) is 0 Å². The summed E-state index contributed by atoms with van der Waals surface area (Å²) in [5, 5.41) is 9.75. The molecule has 0 fully saturated rings. The second-order valence-corrected chi connectivity index (χ2v) is 9.77. The van der Waals surface area contributed by atoms with Crippen molar-refractivity contribution in [2.45, 2.75) is 11.7 Å². The fraction of sp³-hybridized carbons (Fsp3) is 0.115. The van der Waals surface area contributed by atoms with E-state index in [0.29, 0.717) is 33.8 Å². The summed E-state index contributed by atoms with van der Waals surface area (Å²) >= 11 is 7.72. The number of nitrogens with zero attached hydrogens (tertiary/aromatic N) is 2. The normalized spacial score (nSPS) is 14.6. The summed E-state index contributed by atoms with van der Waals surface area (Å²) in [6.45, 7) is 0.235. The summed E-state index contributed by atoms with van der Waals surface area (Å²) in [4.78, 5) is 8.65. The van der Waals surface area contributed by atoms with Crippen molar-refractivity contribution in [3.63, 3.8) is 0 Å². The summed E-state index contributed by atoms with van der Waals surface area (Å²) in [6, 6.07) is 16.0. The van der Waals surface area contributed by atoms with Crippen LogP contribution >= 0.6 is 23.4 Å². The van der Waals surface area contributed by atoms with E-state index in [4.69, 9.17) is 22.1 Å². The van der Waals surface area contributed by atoms with E-state index in [9.17, 15) is 4.39 Å². The predicted molar refractivity (Wildman–Crippen MR) is 150 cm³/mol. The molecule has 1 aliphatic rings. The SMILES string of the molecule is B=C(COc1ccc2ncnc(Nc3ccc(F)c(Cl)c3)c2c1)Nc1cc(C2CC=CS2)ccc1N. The van der Waals surface area contributed by atoms with Crippen LogP contribution in [-0.4, -0.2) is 29.6 Å². The van der Waals surface area contributed by atoms with Crippen molar-refractivity contribution in [1.29, 1.82) is 0 Å². The third kappa shape index (κ3) is 5.47. The number of ether oxygens (including phenoxy) is 1. The van der Waals surface area contributed by atoms with Gasteiger partial charge in [0.05, 0.1) is 0 Å². The molecule has 1 unspecified atom stereocenters. The second kappa shape index (κ2) is 10.6. The van der Waals surface area contributed by atoms with Gasteiger partial charge in [0.15, 0.2) is 0 Å². The van der Waals surface area contributed by atoms with Gasteiger partial charge in [0.1, 0.15) is 0 Å². The summed E-state index contributed by atoms with van der Waals surface area (Å²) in [6.07, 6.45) is 4.64. The van der Waals surface area contributed by atoms with E-state index in [1.54, 1.807) is 17.8 Å². The van der Waals surface area contributed by atoms with Gasteiger partial charge < -0.3 is 0 Å². The second-order valence-electron chi connectivity index (χ2n) is 8.25. The van der Waals surface area contributed by atoms with Gasteiger partial charge in [-0.1, -0.05) is 0 Å². The summed E-state index contributed by atoms with van der Waals surface area (Å²) in [5.41, 5.74) is 10.9. The molecule has 5 rings (SSSR count). The van der Waals surface area contributed by atoms with Crippen LogP contribution < -0.4 is 21.1 Å². The van der Waals surface area contributed by atoms with E-state index in [0.717, 1.165) is 23.0 Å². The van der Waals surface area contributed by atoms with E-state index in [1.165, 1.54) is 24.0 Å². The Bertz CT molecular complexity index is 1480. The number of aromatic nitrogens is 2. The molecule has 3 aromatic carbocycles. The molecule has 2 heterocycles. The van der Waals surface area contributed by atoms with E-state index < -0.39 is 5.82 Å². The number of hydrogen-bond acceptors (Lipinski definition) is 7. The van der Waals surface area contributed by atoms with Crippen molar-refractivity contribution >= 4 is 70.2 Å². The van der Waals surface area contributed by atoms with Gasteiger partial charge in [0.25, 0.3) is 0 Å². The first kappa shape index (κ1) is 24.2. The van der Waals surface area contributed by atoms with Crippen molar-refractivity contribution in [3.8, 4) is 5.75 Å². The molecular weight excluding hydrogens is 496 g/mol. The van der Waals surface area contributed by atoms with Gasteiger partial charge >= 0.3 is 214 Å². The molecule has 0 saturated heterocycles. The number of thioether (sulfide) groups is 1. The molecule has 0 saturated carbocycles. The fourth-order valence-electron chi connectivity index (χ4n) is 3.81. The molecule has 0 aliphatic carbocycles. The molecule has 1 aliphatic heterocycles. The number of nitrogens with one attached hydrogen (secondary N) is 2. The van der Waals surface area contributed by atoms with Crippen LogP contribution in [0.3, 0.4) is 0 Å². The zero-order valence-electron chi connectivity index (χ0n) is 19.2. The fourth-order valence-corrected chi connectivity index (χ4v) is 4.93. The minimum absolute atomic E-state index is 0.0261. The molecule has 180 valence electrons. The molecule has 36 heavy (non-hydrogen) atoms. The molecule has 1 atom stereocenters. The van der Waals surface area contributed by atoms with Gasteiger partial charge in [0, 0.05) is 0 Å². The molecule has 4 aromatic rings. The average molecular weight is 518 g/mol. The van der Waals surface area contributed by atoms with E-state index in [-0.39, 0.29) is 11.6 Å². The molecule has 10 heteroatoms. The Morgan fingerprint density at radius 3 is 2.86 bits per heavy atom. The third-order valence-corrected chi connectivity index (χ3v) is 7.08. The predicted octanol–water partition coefficient (Wildman–Crippen LogP) is 5.96. The molecular formula is C26H22BClFN5OS. The molecule has 1 aromatic heterocycles. The number of fused-ring (bicyclic) bond motifs is 1. The summed E-state index contributed by atoms with van der Waals surface area (Å²) in [7, 11) is 4.10. The molecule has 4 N–H and O–H groups in total. The minimum atomic E-state index is -0.484. The monoisotopic (exact) mass is 517 g/mol. The Labute approximate surface area is 218 Å². The van der Waals surface area contributed by atoms with E-state index in [1.807, 2.05) is 24.3 Å². The van der Waals surface area contributed by atoms with Crippen molar-refractivity contribution < 1.29 is 9.13 Å². The number of hydrogen-bond donors (Lipinski definition) is 3. The van der Waals surface area contributed by atoms with Crippen LogP contribution in [-0.2, 0) is 0 Å². The van der Waals surface area contributed by atoms with Crippen LogP contribution in [0.1, 0.15) is 17.2 Å². The first-order chi connectivity index (χ1) is 17.5. The standard InChI is InChI=1S/C26H22BClFN5OS/c27-25(34-23-10-15(3-7-21(23)30)24-2-1-9-36-24)13-35-17-5-8-22-18(12-17)26(32-14-31-22)33-16-4-6-20(29)19(28)11-16/h1,3-12,14,24,27,34H,2,13,30H2,(H,31,32,33). The van der Waals surface area contributed by atoms with Gasteiger partial charge in [-0.05, 0) is 0 Å². The Morgan fingerprint density at radius 1 is 1.17 bits per heavy atom. The number of nitrogens with two attached hydrogens (primary N) is 1. The van der Waals surface area contributed by atoms with Crippen LogP contribution in [0.2, 0.25) is 5.02 Å².